The lowest BCUT2D eigenvalue weighted by molar-refractivity contribution is -0.0560. The van der Waals surface area contributed by atoms with Crippen LogP contribution in [0, 0.1) is 6.42 Å². The van der Waals surface area contributed by atoms with Crippen molar-refractivity contribution in [3.05, 3.63) is 6.42 Å². The lowest BCUT2D eigenvalue weighted by Crippen LogP contribution is -2.52. The van der Waals surface area contributed by atoms with Gasteiger partial charge in [-0.2, -0.15) is 0 Å². The predicted molar refractivity (Wildman–Crippen MR) is 47.7 cm³/mol. The third-order valence-corrected chi connectivity index (χ3v) is 2.77. The van der Waals surface area contributed by atoms with Gasteiger partial charge in [-0.25, -0.2) is 0 Å². The van der Waals surface area contributed by atoms with Crippen LogP contribution in [-0.4, -0.2) is 55.9 Å². The van der Waals surface area contributed by atoms with Crippen molar-refractivity contribution < 1.29 is 4.74 Å². The SMILES string of the molecule is CN1CCOCC1N1C[CH]CC1. The maximum atomic E-state index is 5.47. The fourth-order valence-corrected chi connectivity index (χ4v) is 1.93. The number of rotatable bonds is 1. The molecule has 2 fully saturated rings. The van der Waals surface area contributed by atoms with Crippen LogP contribution < -0.4 is 0 Å². The van der Waals surface area contributed by atoms with E-state index in [0.29, 0.717) is 6.17 Å². The zero-order chi connectivity index (χ0) is 8.39. The fourth-order valence-electron chi connectivity index (χ4n) is 1.93. The van der Waals surface area contributed by atoms with Gasteiger partial charge >= 0.3 is 0 Å². The Bertz CT molecular complexity index is 145. The van der Waals surface area contributed by atoms with Crippen LogP contribution >= 0.6 is 0 Å². The summed E-state index contributed by atoms with van der Waals surface area (Å²) in [5.74, 6) is 0. The Balaban J connectivity index is 1.91. The average Bonchev–Trinajstić information content (AvgIpc) is 2.57. The first-order chi connectivity index (χ1) is 5.88. The molecule has 1 atom stereocenters. The van der Waals surface area contributed by atoms with Gasteiger partial charge in [0, 0.05) is 19.6 Å². The van der Waals surface area contributed by atoms with E-state index in [9.17, 15) is 0 Å². The van der Waals surface area contributed by atoms with E-state index in [0.717, 1.165) is 26.3 Å². The summed E-state index contributed by atoms with van der Waals surface area (Å²) in [5.41, 5.74) is 0. The summed E-state index contributed by atoms with van der Waals surface area (Å²) in [6, 6.07) is 0. The molecule has 2 aliphatic rings. The molecule has 1 unspecified atom stereocenters. The number of likely N-dealkylation sites (tertiary alicyclic amines) is 1. The first-order valence-corrected chi connectivity index (χ1v) is 4.71. The average molecular weight is 169 g/mol. The molecule has 12 heavy (non-hydrogen) atoms. The summed E-state index contributed by atoms with van der Waals surface area (Å²) in [4.78, 5) is 4.88. The van der Waals surface area contributed by atoms with Crippen molar-refractivity contribution in [3.63, 3.8) is 0 Å². The number of ether oxygens (including phenoxy) is 1. The maximum absolute atomic E-state index is 5.47. The van der Waals surface area contributed by atoms with E-state index >= 15 is 0 Å². The monoisotopic (exact) mass is 169 g/mol. The third-order valence-electron chi connectivity index (χ3n) is 2.77. The summed E-state index contributed by atoms with van der Waals surface area (Å²) < 4.78 is 5.47. The Morgan fingerprint density at radius 1 is 1.42 bits per heavy atom. The summed E-state index contributed by atoms with van der Waals surface area (Å²) in [7, 11) is 2.19. The molecule has 69 valence electrons. The van der Waals surface area contributed by atoms with Gasteiger partial charge in [0.15, 0.2) is 0 Å². The Hall–Kier alpha value is -0.120. The van der Waals surface area contributed by atoms with Gasteiger partial charge in [0.05, 0.1) is 19.4 Å². The lowest BCUT2D eigenvalue weighted by Gasteiger charge is -2.38. The molecule has 0 saturated carbocycles. The van der Waals surface area contributed by atoms with E-state index in [-0.39, 0.29) is 0 Å². The minimum Gasteiger partial charge on any atom is -0.377 e. The second-order valence-corrected chi connectivity index (χ2v) is 3.61. The number of likely N-dealkylation sites (N-methyl/N-ethyl adjacent to an activating group) is 1. The highest BCUT2D eigenvalue weighted by Gasteiger charge is 2.27. The standard InChI is InChI=1S/C9H17N2O/c1-10-6-7-12-8-9(10)11-4-2-3-5-11/h2,9H,3-8H2,1H3. The van der Waals surface area contributed by atoms with Crippen LogP contribution in [0.4, 0.5) is 0 Å². The first-order valence-electron chi connectivity index (χ1n) is 4.71. The van der Waals surface area contributed by atoms with Crippen LogP contribution in [0.1, 0.15) is 6.42 Å². The highest BCUT2D eigenvalue weighted by atomic mass is 16.5. The third kappa shape index (κ3) is 1.63. The van der Waals surface area contributed by atoms with Crippen LogP contribution in [0.25, 0.3) is 0 Å². The van der Waals surface area contributed by atoms with Gasteiger partial charge in [-0.15, -0.1) is 0 Å². The molecule has 0 N–H and O–H groups in total. The quantitative estimate of drug-likeness (QED) is 0.557. The van der Waals surface area contributed by atoms with Crippen LogP contribution in [0.15, 0.2) is 0 Å². The van der Waals surface area contributed by atoms with E-state index < -0.39 is 0 Å². The zero-order valence-corrected chi connectivity index (χ0v) is 7.70. The van der Waals surface area contributed by atoms with Gasteiger partial charge in [0.25, 0.3) is 0 Å². The van der Waals surface area contributed by atoms with E-state index in [1.54, 1.807) is 0 Å². The van der Waals surface area contributed by atoms with E-state index in [1.807, 2.05) is 0 Å². The van der Waals surface area contributed by atoms with Gasteiger partial charge in [0.1, 0.15) is 0 Å². The molecule has 2 saturated heterocycles. The molecule has 0 amide bonds. The van der Waals surface area contributed by atoms with Crippen molar-refractivity contribution in [2.24, 2.45) is 0 Å². The number of nitrogens with zero attached hydrogens (tertiary/aromatic N) is 2. The van der Waals surface area contributed by atoms with Gasteiger partial charge in [-0.05, 0) is 19.9 Å². The van der Waals surface area contributed by atoms with Gasteiger partial charge < -0.3 is 4.74 Å². The van der Waals surface area contributed by atoms with Crippen LogP contribution in [0.2, 0.25) is 0 Å². The number of morpholine rings is 1. The molecule has 0 bridgehead atoms. The normalized spacial score (nSPS) is 34.2. The van der Waals surface area contributed by atoms with Gasteiger partial charge in [-0.1, -0.05) is 0 Å². The fraction of sp³-hybridized carbons (Fsp3) is 0.889. The molecule has 3 heteroatoms. The van der Waals surface area contributed by atoms with Crippen LogP contribution in [-0.2, 0) is 4.74 Å². The zero-order valence-electron chi connectivity index (χ0n) is 7.70. The van der Waals surface area contributed by atoms with Crippen molar-refractivity contribution in [2.75, 3.05) is 39.9 Å². The van der Waals surface area contributed by atoms with Crippen molar-refractivity contribution >= 4 is 0 Å². The minimum atomic E-state index is 0.525. The van der Waals surface area contributed by atoms with E-state index in [4.69, 9.17) is 4.74 Å². The Morgan fingerprint density at radius 2 is 2.33 bits per heavy atom. The number of hydrogen-bond donors (Lipinski definition) is 0. The number of hydrogen-bond acceptors (Lipinski definition) is 3. The molecule has 0 aromatic heterocycles. The van der Waals surface area contributed by atoms with Gasteiger partial charge in [0.2, 0.25) is 0 Å². The summed E-state index contributed by atoms with van der Waals surface area (Å²) in [6.45, 7) is 5.19. The topological polar surface area (TPSA) is 15.7 Å². The molecule has 1 radical (unpaired) electrons. The highest BCUT2D eigenvalue weighted by molar-refractivity contribution is 4.86. The molecule has 2 heterocycles. The molecular formula is C9H17N2O. The van der Waals surface area contributed by atoms with E-state index in [1.165, 1.54) is 13.0 Å². The van der Waals surface area contributed by atoms with Crippen molar-refractivity contribution in [1.82, 2.24) is 9.80 Å². The van der Waals surface area contributed by atoms with E-state index in [2.05, 4.69) is 23.3 Å². The minimum absolute atomic E-state index is 0.525. The molecule has 0 aromatic rings. The smallest absolute Gasteiger partial charge is 0.0862 e. The molecule has 2 aliphatic heterocycles. The van der Waals surface area contributed by atoms with Gasteiger partial charge in [-0.3, -0.25) is 9.80 Å². The molecule has 3 nitrogen and oxygen atoms in total. The van der Waals surface area contributed by atoms with Crippen molar-refractivity contribution in [2.45, 2.75) is 12.6 Å². The molecule has 0 aliphatic carbocycles. The lowest BCUT2D eigenvalue weighted by atomic mass is 10.3. The Morgan fingerprint density at radius 3 is 3.00 bits per heavy atom. The van der Waals surface area contributed by atoms with Crippen LogP contribution in [0.5, 0.6) is 0 Å². The second-order valence-electron chi connectivity index (χ2n) is 3.61. The Kier molecular flexibility index (Phi) is 2.63. The van der Waals surface area contributed by atoms with Crippen molar-refractivity contribution in [3.8, 4) is 0 Å². The maximum Gasteiger partial charge on any atom is 0.0862 e. The molecule has 0 spiro atoms. The summed E-state index contributed by atoms with van der Waals surface area (Å²) in [5, 5.41) is 0. The summed E-state index contributed by atoms with van der Waals surface area (Å²) >= 11 is 0. The summed E-state index contributed by atoms with van der Waals surface area (Å²) in [6.07, 6.45) is 4.12. The highest BCUT2D eigenvalue weighted by Crippen LogP contribution is 2.15. The molecular weight excluding hydrogens is 152 g/mol. The molecule has 0 aromatic carbocycles. The first kappa shape index (κ1) is 8.48. The Labute approximate surface area is 74.3 Å². The second kappa shape index (κ2) is 3.73. The largest absolute Gasteiger partial charge is 0.377 e. The van der Waals surface area contributed by atoms with Crippen LogP contribution in [0.3, 0.4) is 0 Å². The molecule has 2 rings (SSSR count). The van der Waals surface area contributed by atoms with Crippen molar-refractivity contribution in [1.29, 1.82) is 0 Å². The predicted octanol–water partition coefficient (Wildman–Crippen LogP) is 0.184.